The molecule has 0 radical (unpaired) electrons. The third kappa shape index (κ3) is 4.14. The van der Waals surface area contributed by atoms with Gasteiger partial charge in [0.15, 0.2) is 0 Å². The van der Waals surface area contributed by atoms with Crippen molar-refractivity contribution in [1.29, 1.82) is 0 Å². The Morgan fingerprint density at radius 1 is 1.13 bits per heavy atom. The second-order valence-electron chi connectivity index (χ2n) is 4.82. The van der Waals surface area contributed by atoms with Crippen molar-refractivity contribution >= 4 is 12.0 Å². The van der Waals surface area contributed by atoms with Gasteiger partial charge in [0.05, 0.1) is 17.6 Å². The Morgan fingerprint density at radius 3 is 2.74 bits per heavy atom. The number of benzene rings is 1. The SMILES string of the molecule is O=C(/C=C/c1cnn(-c2ccccc2)c1)OCc1ccccn1. The van der Waals surface area contributed by atoms with Gasteiger partial charge in [-0.25, -0.2) is 9.48 Å². The fourth-order valence-corrected chi connectivity index (χ4v) is 1.99. The van der Waals surface area contributed by atoms with E-state index in [2.05, 4.69) is 10.1 Å². The number of ether oxygens (including phenoxy) is 1. The van der Waals surface area contributed by atoms with E-state index in [1.807, 2.05) is 48.7 Å². The van der Waals surface area contributed by atoms with Crippen LogP contribution in [-0.4, -0.2) is 20.7 Å². The van der Waals surface area contributed by atoms with Gasteiger partial charge in [-0.05, 0) is 30.3 Å². The summed E-state index contributed by atoms with van der Waals surface area (Å²) >= 11 is 0. The number of hydrogen-bond donors (Lipinski definition) is 0. The fourth-order valence-electron chi connectivity index (χ4n) is 1.99. The molecule has 0 saturated heterocycles. The summed E-state index contributed by atoms with van der Waals surface area (Å²) in [6.07, 6.45) is 8.26. The van der Waals surface area contributed by atoms with Crippen molar-refractivity contribution in [3.8, 4) is 5.69 Å². The largest absolute Gasteiger partial charge is 0.456 e. The Labute approximate surface area is 133 Å². The lowest BCUT2D eigenvalue weighted by Gasteiger charge is -2.00. The maximum Gasteiger partial charge on any atom is 0.331 e. The number of hydrogen-bond acceptors (Lipinski definition) is 4. The van der Waals surface area contributed by atoms with E-state index in [1.54, 1.807) is 29.2 Å². The second-order valence-corrected chi connectivity index (χ2v) is 4.82. The molecule has 5 heteroatoms. The van der Waals surface area contributed by atoms with Crippen LogP contribution >= 0.6 is 0 Å². The van der Waals surface area contributed by atoms with Crippen LogP contribution in [0.25, 0.3) is 11.8 Å². The van der Waals surface area contributed by atoms with Gasteiger partial charge in [0.1, 0.15) is 6.61 Å². The van der Waals surface area contributed by atoms with E-state index in [-0.39, 0.29) is 6.61 Å². The third-order valence-corrected chi connectivity index (χ3v) is 3.12. The van der Waals surface area contributed by atoms with Crippen LogP contribution in [0.4, 0.5) is 0 Å². The van der Waals surface area contributed by atoms with Gasteiger partial charge in [0.2, 0.25) is 0 Å². The average Bonchev–Trinajstić information content (AvgIpc) is 3.09. The highest BCUT2D eigenvalue weighted by molar-refractivity contribution is 5.86. The molecule has 0 aliphatic heterocycles. The van der Waals surface area contributed by atoms with E-state index >= 15 is 0 Å². The van der Waals surface area contributed by atoms with Crippen molar-refractivity contribution in [2.75, 3.05) is 0 Å². The number of para-hydroxylation sites is 1. The first-order valence-corrected chi connectivity index (χ1v) is 7.16. The van der Waals surface area contributed by atoms with E-state index in [0.29, 0.717) is 5.69 Å². The molecule has 0 fully saturated rings. The Kier molecular flexibility index (Phi) is 4.59. The predicted octanol–water partition coefficient (Wildman–Crippen LogP) is 3.02. The summed E-state index contributed by atoms with van der Waals surface area (Å²) in [6, 6.07) is 15.2. The topological polar surface area (TPSA) is 57.0 Å². The Morgan fingerprint density at radius 2 is 1.96 bits per heavy atom. The van der Waals surface area contributed by atoms with Crippen LogP contribution in [0.1, 0.15) is 11.3 Å². The van der Waals surface area contributed by atoms with Crippen molar-refractivity contribution in [2.24, 2.45) is 0 Å². The minimum absolute atomic E-state index is 0.160. The highest BCUT2D eigenvalue weighted by atomic mass is 16.5. The van der Waals surface area contributed by atoms with Gasteiger partial charge in [-0.1, -0.05) is 24.3 Å². The Hall–Kier alpha value is -3.21. The van der Waals surface area contributed by atoms with Crippen LogP contribution in [0.5, 0.6) is 0 Å². The molecule has 0 N–H and O–H groups in total. The van der Waals surface area contributed by atoms with E-state index in [9.17, 15) is 4.79 Å². The first-order valence-electron chi connectivity index (χ1n) is 7.16. The standard InChI is InChI=1S/C18H15N3O2/c22-18(23-14-16-6-4-5-11-19-16)10-9-15-12-20-21(13-15)17-7-2-1-3-8-17/h1-13H,14H2/b10-9+. The van der Waals surface area contributed by atoms with Crippen molar-refractivity contribution < 1.29 is 9.53 Å². The molecular weight excluding hydrogens is 290 g/mol. The Bertz CT molecular complexity index is 795. The molecule has 5 nitrogen and oxygen atoms in total. The first kappa shape index (κ1) is 14.7. The number of nitrogens with zero attached hydrogens (tertiary/aromatic N) is 3. The number of rotatable bonds is 5. The summed E-state index contributed by atoms with van der Waals surface area (Å²) in [5.41, 5.74) is 2.50. The summed E-state index contributed by atoms with van der Waals surface area (Å²) < 4.78 is 6.87. The zero-order valence-corrected chi connectivity index (χ0v) is 12.4. The van der Waals surface area contributed by atoms with Gasteiger partial charge >= 0.3 is 5.97 Å². The van der Waals surface area contributed by atoms with Crippen LogP contribution in [0, 0.1) is 0 Å². The maximum atomic E-state index is 11.7. The van der Waals surface area contributed by atoms with Gasteiger partial charge in [0, 0.05) is 24.0 Å². The molecule has 3 aromatic rings. The van der Waals surface area contributed by atoms with Crippen molar-refractivity contribution in [1.82, 2.24) is 14.8 Å². The summed E-state index contributed by atoms with van der Waals surface area (Å²) in [5.74, 6) is -0.414. The molecule has 114 valence electrons. The van der Waals surface area contributed by atoms with E-state index in [0.717, 1.165) is 11.3 Å². The minimum atomic E-state index is -0.414. The van der Waals surface area contributed by atoms with Crippen LogP contribution in [0.3, 0.4) is 0 Å². The van der Waals surface area contributed by atoms with E-state index in [1.165, 1.54) is 6.08 Å². The summed E-state index contributed by atoms with van der Waals surface area (Å²) in [7, 11) is 0. The lowest BCUT2D eigenvalue weighted by atomic mass is 10.3. The summed E-state index contributed by atoms with van der Waals surface area (Å²) in [5, 5.41) is 4.26. The summed E-state index contributed by atoms with van der Waals surface area (Å²) in [6.45, 7) is 0.160. The molecule has 23 heavy (non-hydrogen) atoms. The average molecular weight is 305 g/mol. The molecule has 3 rings (SSSR count). The molecule has 0 amide bonds. The highest BCUT2D eigenvalue weighted by Crippen LogP contribution is 2.09. The van der Waals surface area contributed by atoms with Crippen molar-refractivity contribution in [3.63, 3.8) is 0 Å². The fraction of sp³-hybridized carbons (Fsp3) is 0.0556. The quantitative estimate of drug-likeness (QED) is 0.537. The molecule has 1 aromatic carbocycles. The normalized spacial score (nSPS) is 10.8. The van der Waals surface area contributed by atoms with Crippen molar-refractivity contribution in [2.45, 2.75) is 6.61 Å². The molecule has 2 heterocycles. The number of pyridine rings is 1. The smallest absolute Gasteiger partial charge is 0.331 e. The summed E-state index contributed by atoms with van der Waals surface area (Å²) in [4.78, 5) is 15.8. The monoisotopic (exact) mass is 305 g/mol. The molecule has 0 spiro atoms. The molecule has 0 bridgehead atoms. The van der Waals surface area contributed by atoms with Crippen LogP contribution in [0.2, 0.25) is 0 Å². The van der Waals surface area contributed by atoms with Crippen LogP contribution < -0.4 is 0 Å². The maximum absolute atomic E-state index is 11.7. The predicted molar refractivity (Wildman–Crippen MR) is 86.6 cm³/mol. The lowest BCUT2D eigenvalue weighted by Crippen LogP contribution is -2.01. The number of aromatic nitrogens is 3. The van der Waals surface area contributed by atoms with Gasteiger partial charge in [-0.2, -0.15) is 5.10 Å². The van der Waals surface area contributed by atoms with Gasteiger partial charge < -0.3 is 4.74 Å². The molecule has 0 saturated carbocycles. The van der Waals surface area contributed by atoms with E-state index in [4.69, 9.17) is 4.74 Å². The third-order valence-electron chi connectivity index (χ3n) is 3.12. The van der Waals surface area contributed by atoms with Gasteiger partial charge in [-0.15, -0.1) is 0 Å². The van der Waals surface area contributed by atoms with Crippen molar-refractivity contribution in [3.05, 3.63) is 84.5 Å². The molecule has 0 aliphatic rings. The van der Waals surface area contributed by atoms with Gasteiger partial charge in [0.25, 0.3) is 0 Å². The minimum Gasteiger partial charge on any atom is -0.456 e. The lowest BCUT2D eigenvalue weighted by molar-refractivity contribution is -0.139. The van der Waals surface area contributed by atoms with E-state index < -0.39 is 5.97 Å². The Balaban J connectivity index is 1.58. The highest BCUT2D eigenvalue weighted by Gasteiger charge is 2.01. The van der Waals surface area contributed by atoms with Crippen LogP contribution in [-0.2, 0) is 16.1 Å². The molecule has 2 aromatic heterocycles. The molecule has 0 unspecified atom stereocenters. The number of carbonyl (C=O) groups excluding carboxylic acids is 1. The molecule has 0 atom stereocenters. The second kappa shape index (κ2) is 7.17. The first-order chi connectivity index (χ1) is 11.3. The zero-order valence-electron chi connectivity index (χ0n) is 12.4. The molecular formula is C18H15N3O2. The van der Waals surface area contributed by atoms with Gasteiger partial charge in [-0.3, -0.25) is 4.98 Å². The molecule has 0 aliphatic carbocycles. The zero-order chi connectivity index (χ0) is 15.9. The number of esters is 1. The van der Waals surface area contributed by atoms with Crippen LogP contribution in [0.15, 0.2) is 73.2 Å². The number of carbonyl (C=O) groups is 1.